The van der Waals surface area contributed by atoms with Crippen molar-refractivity contribution in [2.45, 2.75) is 19.9 Å². The van der Waals surface area contributed by atoms with E-state index in [1.54, 1.807) is 16.9 Å². The van der Waals surface area contributed by atoms with E-state index in [0.717, 1.165) is 0 Å². The Kier molecular flexibility index (Phi) is 3.84. The van der Waals surface area contributed by atoms with Gasteiger partial charge in [-0.2, -0.15) is 5.10 Å². The standard InChI is InChI=1S/C14H15N3O3/c1-9(2)17-12(7-8-15-17)16-13(18)10-3-5-11(6-4-10)14(19)20/h3-9H,1-2H3,(H,16,18)(H,19,20). The largest absolute Gasteiger partial charge is 0.478 e. The average molecular weight is 273 g/mol. The Morgan fingerprint density at radius 2 is 1.75 bits per heavy atom. The summed E-state index contributed by atoms with van der Waals surface area (Å²) in [5.41, 5.74) is 0.542. The lowest BCUT2D eigenvalue weighted by atomic mass is 10.1. The molecule has 0 saturated carbocycles. The van der Waals surface area contributed by atoms with Crippen LogP contribution in [0.2, 0.25) is 0 Å². The lowest BCUT2D eigenvalue weighted by molar-refractivity contribution is 0.0696. The molecule has 20 heavy (non-hydrogen) atoms. The van der Waals surface area contributed by atoms with Gasteiger partial charge >= 0.3 is 5.97 Å². The van der Waals surface area contributed by atoms with Crippen molar-refractivity contribution >= 4 is 17.7 Å². The van der Waals surface area contributed by atoms with Gasteiger partial charge in [0.2, 0.25) is 0 Å². The van der Waals surface area contributed by atoms with Crippen molar-refractivity contribution in [2.75, 3.05) is 5.32 Å². The molecule has 6 nitrogen and oxygen atoms in total. The van der Waals surface area contributed by atoms with Crippen LogP contribution in [0.3, 0.4) is 0 Å². The summed E-state index contributed by atoms with van der Waals surface area (Å²) in [5.74, 6) is -0.716. The first kappa shape index (κ1) is 13.8. The summed E-state index contributed by atoms with van der Waals surface area (Å²) in [4.78, 5) is 22.8. The van der Waals surface area contributed by atoms with Crippen LogP contribution in [-0.4, -0.2) is 26.8 Å². The van der Waals surface area contributed by atoms with Gasteiger partial charge in [0, 0.05) is 17.7 Å². The smallest absolute Gasteiger partial charge is 0.335 e. The number of benzene rings is 1. The van der Waals surface area contributed by atoms with Gasteiger partial charge in [-0.3, -0.25) is 4.79 Å². The molecule has 1 aromatic heterocycles. The molecule has 1 aromatic carbocycles. The number of hydrogen-bond donors (Lipinski definition) is 2. The highest BCUT2D eigenvalue weighted by atomic mass is 16.4. The van der Waals surface area contributed by atoms with Crippen molar-refractivity contribution in [3.8, 4) is 0 Å². The Morgan fingerprint density at radius 3 is 2.30 bits per heavy atom. The van der Waals surface area contributed by atoms with E-state index in [1.165, 1.54) is 24.3 Å². The minimum absolute atomic E-state index is 0.134. The molecule has 2 aromatic rings. The Labute approximate surface area is 116 Å². The fourth-order valence-corrected chi connectivity index (χ4v) is 1.78. The number of aromatic carboxylic acids is 1. The van der Waals surface area contributed by atoms with Crippen molar-refractivity contribution in [1.29, 1.82) is 0 Å². The molecule has 0 aliphatic carbocycles. The van der Waals surface area contributed by atoms with Gasteiger partial charge in [-0.25, -0.2) is 9.48 Å². The molecule has 2 rings (SSSR count). The number of amides is 1. The SMILES string of the molecule is CC(C)n1nccc1NC(=O)c1ccc(C(=O)O)cc1. The average Bonchev–Trinajstić information content (AvgIpc) is 2.87. The maximum absolute atomic E-state index is 12.1. The number of carboxylic acid groups (broad SMARTS) is 1. The molecule has 0 saturated heterocycles. The summed E-state index contributed by atoms with van der Waals surface area (Å²) in [6.45, 7) is 3.93. The third kappa shape index (κ3) is 2.85. The quantitative estimate of drug-likeness (QED) is 0.896. The minimum atomic E-state index is -1.02. The Bertz CT molecular complexity index is 629. The van der Waals surface area contributed by atoms with Crippen LogP contribution < -0.4 is 5.32 Å². The number of aromatic nitrogens is 2. The van der Waals surface area contributed by atoms with Crippen LogP contribution in [0.4, 0.5) is 5.82 Å². The molecule has 0 atom stereocenters. The second kappa shape index (κ2) is 5.56. The van der Waals surface area contributed by atoms with Gasteiger partial charge in [0.15, 0.2) is 0 Å². The van der Waals surface area contributed by atoms with E-state index in [0.29, 0.717) is 11.4 Å². The molecule has 0 fully saturated rings. The number of carbonyl (C=O) groups is 2. The van der Waals surface area contributed by atoms with Crippen LogP contribution in [0.1, 0.15) is 40.6 Å². The van der Waals surface area contributed by atoms with Gasteiger partial charge in [-0.05, 0) is 38.1 Å². The van der Waals surface area contributed by atoms with Crippen molar-refractivity contribution in [3.05, 3.63) is 47.7 Å². The van der Waals surface area contributed by atoms with Crippen LogP contribution in [-0.2, 0) is 0 Å². The highest BCUT2D eigenvalue weighted by Gasteiger charge is 2.12. The number of carboxylic acids is 1. The molecule has 0 spiro atoms. The van der Waals surface area contributed by atoms with Crippen molar-refractivity contribution in [1.82, 2.24) is 9.78 Å². The second-order valence-corrected chi connectivity index (χ2v) is 4.59. The first-order valence-corrected chi connectivity index (χ1v) is 6.17. The van der Waals surface area contributed by atoms with Gasteiger partial charge in [0.25, 0.3) is 5.91 Å². The van der Waals surface area contributed by atoms with E-state index in [4.69, 9.17) is 5.11 Å². The van der Waals surface area contributed by atoms with Crippen LogP contribution in [0.5, 0.6) is 0 Å². The molecule has 0 bridgehead atoms. The fraction of sp³-hybridized carbons (Fsp3) is 0.214. The van der Waals surface area contributed by atoms with Crippen molar-refractivity contribution in [2.24, 2.45) is 0 Å². The Morgan fingerprint density at radius 1 is 1.15 bits per heavy atom. The minimum Gasteiger partial charge on any atom is -0.478 e. The van der Waals surface area contributed by atoms with Gasteiger partial charge in [-0.1, -0.05) is 0 Å². The summed E-state index contributed by atoms with van der Waals surface area (Å²) in [6.07, 6.45) is 1.61. The fourth-order valence-electron chi connectivity index (χ4n) is 1.78. The predicted octanol–water partition coefficient (Wildman–Crippen LogP) is 2.41. The number of carbonyl (C=O) groups excluding carboxylic acids is 1. The van der Waals surface area contributed by atoms with E-state index in [9.17, 15) is 9.59 Å². The monoisotopic (exact) mass is 273 g/mol. The van der Waals surface area contributed by atoms with Gasteiger partial charge in [-0.15, -0.1) is 0 Å². The van der Waals surface area contributed by atoms with E-state index >= 15 is 0 Å². The number of anilines is 1. The third-order valence-electron chi connectivity index (χ3n) is 2.80. The van der Waals surface area contributed by atoms with Crippen molar-refractivity contribution < 1.29 is 14.7 Å². The summed E-state index contributed by atoms with van der Waals surface area (Å²) in [6, 6.07) is 7.61. The zero-order valence-electron chi connectivity index (χ0n) is 11.2. The lowest BCUT2D eigenvalue weighted by Crippen LogP contribution is -2.16. The molecular formula is C14H15N3O3. The van der Waals surface area contributed by atoms with Gasteiger partial charge in [0.05, 0.1) is 11.8 Å². The highest BCUT2D eigenvalue weighted by Crippen LogP contribution is 2.14. The maximum atomic E-state index is 12.1. The Balaban J connectivity index is 2.15. The molecule has 1 heterocycles. The molecule has 0 aliphatic heterocycles. The molecule has 6 heteroatoms. The number of nitrogens with zero attached hydrogens (tertiary/aromatic N) is 2. The van der Waals surface area contributed by atoms with Gasteiger partial charge in [0.1, 0.15) is 5.82 Å². The molecule has 104 valence electrons. The summed E-state index contributed by atoms with van der Waals surface area (Å²) in [5, 5.41) is 15.7. The van der Waals surface area contributed by atoms with E-state index < -0.39 is 5.97 Å². The third-order valence-corrected chi connectivity index (χ3v) is 2.80. The van der Waals surface area contributed by atoms with Crippen LogP contribution >= 0.6 is 0 Å². The number of hydrogen-bond acceptors (Lipinski definition) is 3. The molecule has 0 aliphatic rings. The zero-order chi connectivity index (χ0) is 14.7. The van der Waals surface area contributed by atoms with E-state index in [2.05, 4.69) is 10.4 Å². The summed E-state index contributed by atoms with van der Waals surface area (Å²) >= 11 is 0. The van der Waals surface area contributed by atoms with Gasteiger partial charge < -0.3 is 10.4 Å². The lowest BCUT2D eigenvalue weighted by Gasteiger charge is -2.11. The summed E-state index contributed by atoms with van der Waals surface area (Å²) in [7, 11) is 0. The predicted molar refractivity (Wildman–Crippen MR) is 74.0 cm³/mol. The Hall–Kier alpha value is -2.63. The topological polar surface area (TPSA) is 84.2 Å². The first-order valence-electron chi connectivity index (χ1n) is 6.17. The number of nitrogens with one attached hydrogen (secondary N) is 1. The van der Waals surface area contributed by atoms with Crippen LogP contribution in [0.25, 0.3) is 0 Å². The van der Waals surface area contributed by atoms with Crippen LogP contribution in [0, 0.1) is 0 Å². The molecular weight excluding hydrogens is 258 g/mol. The van der Waals surface area contributed by atoms with E-state index in [1.807, 2.05) is 13.8 Å². The molecule has 2 N–H and O–H groups in total. The maximum Gasteiger partial charge on any atom is 0.335 e. The van der Waals surface area contributed by atoms with Crippen molar-refractivity contribution in [3.63, 3.8) is 0 Å². The zero-order valence-corrected chi connectivity index (χ0v) is 11.2. The number of rotatable bonds is 4. The van der Waals surface area contributed by atoms with E-state index in [-0.39, 0.29) is 17.5 Å². The molecule has 0 unspecified atom stereocenters. The van der Waals surface area contributed by atoms with Crippen LogP contribution in [0.15, 0.2) is 36.5 Å². The summed E-state index contributed by atoms with van der Waals surface area (Å²) < 4.78 is 1.70. The first-order chi connectivity index (χ1) is 9.49. The molecule has 0 radical (unpaired) electrons. The normalized spacial score (nSPS) is 10.6. The molecule has 1 amide bonds. The highest BCUT2D eigenvalue weighted by molar-refractivity contribution is 6.04. The second-order valence-electron chi connectivity index (χ2n) is 4.59.